The molecule has 0 aromatic heterocycles. The molecule has 0 aromatic carbocycles. The van der Waals surface area contributed by atoms with Gasteiger partial charge in [-0.1, -0.05) is 0 Å². The molecule has 102 valence electrons. The molecule has 0 aromatic rings. The monoisotopic (exact) mass is 257 g/mol. The van der Waals surface area contributed by atoms with E-state index in [2.05, 4.69) is 10.6 Å². The maximum Gasteiger partial charge on any atom is 0.329 e. The topological polar surface area (TPSA) is 122 Å². The highest BCUT2D eigenvalue weighted by Crippen LogP contribution is 2.39. The summed E-state index contributed by atoms with van der Waals surface area (Å²) in [4.78, 5) is 33.2. The van der Waals surface area contributed by atoms with Crippen LogP contribution in [-0.4, -0.2) is 35.1 Å². The Morgan fingerprint density at radius 2 is 2.00 bits per heavy atom. The molecule has 0 aliphatic heterocycles. The molecule has 0 bridgehead atoms. The lowest BCUT2D eigenvalue weighted by Gasteiger charge is -2.26. The second-order valence-electron chi connectivity index (χ2n) is 4.73. The quantitative estimate of drug-likeness (QED) is 0.472. The average molecular weight is 257 g/mol. The van der Waals surface area contributed by atoms with Gasteiger partial charge in [-0.15, -0.1) is 0 Å². The molecule has 1 atom stereocenters. The fourth-order valence-electron chi connectivity index (χ4n) is 1.74. The summed E-state index contributed by atoms with van der Waals surface area (Å²) >= 11 is 0. The van der Waals surface area contributed by atoms with Crippen LogP contribution in [0.2, 0.25) is 0 Å². The van der Waals surface area contributed by atoms with E-state index < -0.39 is 23.4 Å². The number of hydrogen-bond donors (Lipinski definition) is 4. The standard InChI is InChI=1S/C11H19N3O4/c1-11(9(16)17,7-4-5-7)14-10(18)13-6-2-3-8(12)15/h7H,2-6H2,1H3,(H2,12,15)(H,16,17)(H2,13,14,18). The van der Waals surface area contributed by atoms with Crippen molar-refractivity contribution in [2.45, 2.75) is 38.1 Å². The highest BCUT2D eigenvalue weighted by molar-refractivity contribution is 5.86. The molecule has 1 aliphatic rings. The Labute approximate surface area is 105 Å². The van der Waals surface area contributed by atoms with Gasteiger partial charge in [-0.3, -0.25) is 4.79 Å². The van der Waals surface area contributed by atoms with Gasteiger partial charge in [0.2, 0.25) is 5.91 Å². The minimum absolute atomic E-state index is 0.00799. The molecular weight excluding hydrogens is 238 g/mol. The summed E-state index contributed by atoms with van der Waals surface area (Å²) in [6.07, 6.45) is 2.25. The number of aliphatic carboxylic acids is 1. The molecule has 5 N–H and O–H groups in total. The third kappa shape index (κ3) is 3.90. The van der Waals surface area contributed by atoms with Crippen molar-refractivity contribution in [3.63, 3.8) is 0 Å². The van der Waals surface area contributed by atoms with Gasteiger partial charge in [0.25, 0.3) is 0 Å². The van der Waals surface area contributed by atoms with Crippen LogP contribution in [0.15, 0.2) is 0 Å². The van der Waals surface area contributed by atoms with Gasteiger partial charge in [0.15, 0.2) is 0 Å². The number of carbonyl (C=O) groups excluding carboxylic acids is 2. The summed E-state index contributed by atoms with van der Waals surface area (Å²) in [7, 11) is 0. The number of carboxylic acid groups (broad SMARTS) is 1. The maximum atomic E-state index is 11.5. The molecule has 3 amide bonds. The number of hydrogen-bond acceptors (Lipinski definition) is 3. The Balaban J connectivity index is 2.34. The first-order chi connectivity index (χ1) is 8.36. The van der Waals surface area contributed by atoms with Crippen LogP contribution in [0.1, 0.15) is 32.6 Å². The molecule has 0 spiro atoms. The summed E-state index contributed by atoms with van der Waals surface area (Å²) in [6.45, 7) is 1.80. The first-order valence-electron chi connectivity index (χ1n) is 5.94. The van der Waals surface area contributed by atoms with Crippen LogP contribution in [-0.2, 0) is 9.59 Å². The van der Waals surface area contributed by atoms with E-state index in [1.807, 2.05) is 0 Å². The molecule has 0 heterocycles. The Morgan fingerprint density at radius 3 is 2.44 bits per heavy atom. The van der Waals surface area contributed by atoms with E-state index in [0.717, 1.165) is 12.8 Å². The zero-order valence-electron chi connectivity index (χ0n) is 10.4. The van der Waals surface area contributed by atoms with E-state index in [9.17, 15) is 14.4 Å². The highest BCUT2D eigenvalue weighted by Gasteiger charge is 2.48. The Bertz CT molecular complexity index is 354. The molecular formula is C11H19N3O4. The summed E-state index contributed by atoms with van der Waals surface area (Å²) < 4.78 is 0. The molecule has 18 heavy (non-hydrogen) atoms. The summed E-state index contributed by atoms with van der Waals surface area (Å²) in [5, 5.41) is 14.1. The zero-order chi connectivity index (χ0) is 13.8. The molecule has 7 nitrogen and oxygen atoms in total. The van der Waals surface area contributed by atoms with Crippen molar-refractivity contribution < 1.29 is 19.5 Å². The summed E-state index contributed by atoms with van der Waals surface area (Å²) in [6, 6.07) is -0.531. The largest absolute Gasteiger partial charge is 0.480 e. The predicted molar refractivity (Wildman–Crippen MR) is 63.7 cm³/mol. The average Bonchev–Trinajstić information content (AvgIpc) is 3.07. The second kappa shape index (κ2) is 5.70. The van der Waals surface area contributed by atoms with Gasteiger partial charge >= 0.3 is 12.0 Å². The van der Waals surface area contributed by atoms with Crippen LogP contribution < -0.4 is 16.4 Å². The van der Waals surface area contributed by atoms with Crippen LogP contribution in [0.25, 0.3) is 0 Å². The van der Waals surface area contributed by atoms with E-state index >= 15 is 0 Å². The lowest BCUT2D eigenvalue weighted by molar-refractivity contribution is -0.144. The van der Waals surface area contributed by atoms with Crippen molar-refractivity contribution in [3.8, 4) is 0 Å². The predicted octanol–water partition coefficient (Wildman–Crippen LogP) is -0.196. The number of primary amides is 1. The summed E-state index contributed by atoms with van der Waals surface area (Å²) in [5.74, 6) is -1.46. The Morgan fingerprint density at radius 1 is 1.39 bits per heavy atom. The van der Waals surface area contributed by atoms with Gasteiger partial charge in [0.1, 0.15) is 5.54 Å². The van der Waals surface area contributed by atoms with Crippen molar-refractivity contribution in [2.75, 3.05) is 6.54 Å². The Kier molecular flexibility index (Phi) is 4.52. The number of carboxylic acids is 1. The minimum Gasteiger partial charge on any atom is -0.480 e. The third-order valence-electron chi connectivity index (χ3n) is 3.10. The highest BCUT2D eigenvalue weighted by atomic mass is 16.4. The van der Waals surface area contributed by atoms with E-state index in [1.54, 1.807) is 0 Å². The van der Waals surface area contributed by atoms with Crippen LogP contribution in [0.3, 0.4) is 0 Å². The van der Waals surface area contributed by atoms with Crippen molar-refractivity contribution in [1.29, 1.82) is 0 Å². The molecule has 1 fully saturated rings. The molecule has 7 heteroatoms. The first-order valence-corrected chi connectivity index (χ1v) is 5.94. The minimum atomic E-state index is -1.21. The SMILES string of the molecule is CC(NC(=O)NCCCC(N)=O)(C(=O)O)C1CC1. The molecule has 1 unspecified atom stereocenters. The van der Waals surface area contributed by atoms with Gasteiger partial charge in [0, 0.05) is 13.0 Å². The van der Waals surface area contributed by atoms with E-state index in [0.29, 0.717) is 6.42 Å². The lowest BCUT2D eigenvalue weighted by Crippen LogP contribution is -2.56. The number of nitrogens with one attached hydrogen (secondary N) is 2. The fraction of sp³-hybridized carbons (Fsp3) is 0.727. The van der Waals surface area contributed by atoms with E-state index in [-0.39, 0.29) is 18.9 Å². The molecule has 1 rings (SSSR count). The van der Waals surface area contributed by atoms with Gasteiger partial charge in [-0.05, 0) is 32.1 Å². The van der Waals surface area contributed by atoms with E-state index in [1.165, 1.54) is 6.92 Å². The fourth-order valence-corrected chi connectivity index (χ4v) is 1.74. The third-order valence-corrected chi connectivity index (χ3v) is 3.10. The first kappa shape index (κ1) is 14.3. The van der Waals surface area contributed by atoms with Crippen molar-refractivity contribution in [2.24, 2.45) is 11.7 Å². The molecule has 1 saturated carbocycles. The van der Waals surface area contributed by atoms with E-state index in [4.69, 9.17) is 10.8 Å². The Hall–Kier alpha value is -1.79. The number of rotatable bonds is 7. The van der Waals surface area contributed by atoms with Crippen molar-refractivity contribution >= 4 is 17.9 Å². The van der Waals surface area contributed by atoms with Gasteiger partial charge in [-0.25, -0.2) is 9.59 Å². The van der Waals surface area contributed by atoms with Crippen LogP contribution in [0, 0.1) is 5.92 Å². The number of nitrogens with two attached hydrogens (primary N) is 1. The number of amides is 3. The summed E-state index contributed by atoms with van der Waals surface area (Å²) in [5.41, 5.74) is 3.74. The van der Waals surface area contributed by atoms with Crippen molar-refractivity contribution in [1.82, 2.24) is 10.6 Å². The van der Waals surface area contributed by atoms with Gasteiger partial charge in [0.05, 0.1) is 0 Å². The van der Waals surface area contributed by atoms with Gasteiger partial charge < -0.3 is 21.5 Å². The molecule has 0 radical (unpaired) electrons. The van der Waals surface area contributed by atoms with Crippen LogP contribution in [0.4, 0.5) is 4.79 Å². The normalized spacial score (nSPS) is 17.6. The van der Waals surface area contributed by atoms with Gasteiger partial charge in [-0.2, -0.15) is 0 Å². The lowest BCUT2D eigenvalue weighted by atomic mass is 9.96. The van der Waals surface area contributed by atoms with Crippen molar-refractivity contribution in [3.05, 3.63) is 0 Å². The molecule has 1 aliphatic carbocycles. The van der Waals surface area contributed by atoms with Crippen LogP contribution in [0.5, 0.6) is 0 Å². The zero-order valence-corrected chi connectivity index (χ0v) is 10.4. The molecule has 0 saturated heterocycles. The number of carbonyl (C=O) groups is 3. The number of urea groups is 1. The smallest absolute Gasteiger partial charge is 0.329 e. The van der Waals surface area contributed by atoms with Crippen LogP contribution >= 0.6 is 0 Å². The second-order valence-corrected chi connectivity index (χ2v) is 4.73. The maximum absolute atomic E-state index is 11.5.